The first-order chi connectivity index (χ1) is 9.20. The molecule has 0 radical (unpaired) electrons. The van der Waals surface area contributed by atoms with Gasteiger partial charge in [-0.15, -0.1) is 0 Å². The zero-order chi connectivity index (χ0) is 13.7. The van der Waals surface area contributed by atoms with Gasteiger partial charge in [0, 0.05) is 41.1 Å². The van der Waals surface area contributed by atoms with E-state index in [0.29, 0.717) is 18.3 Å². The number of rotatable bonds is 4. The Morgan fingerprint density at radius 2 is 2.32 bits per heavy atom. The van der Waals surface area contributed by atoms with Gasteiger partial charge >= 0.3 is 0 Å². The number of nitrogens with zero attached hydrogens (tertiary/aromatic N) is 2. The largest absolute Gasteiger partial charge is 0.409 e. The normalized spacial score (nSPS) is 24.3. The molecule has 1 fully saturated rings. The van der Waals surface area contributed by atoms with Gasteiger partial charge < -0.3 is 16.3 Å². The Bertz CT molecular complexity index is 482. The highest BCUT2D eigenvalue weighted by Crippen LogP contribution is 2.11. The van der Waals surface area contributed by atoms with Crippen LogP contribution in [0, 0.1) is 0 Å². The maximum Gasteiger partial charge on any atom is 0.189 e. The van der Waals surface area contributed by atoms with Crippen LogP contribution in [0.3, 0.4) is 0 Å². The van der Waals surface area contributed by atoms with Gasteiger partial charge in [-0.3, -0.25) is 9.19 Å². The second kappa shape index (κ2) is 6.63. The molecule has 1 aliphatic rings. The summed E-state index contributed by atoms with van der Waals surface area (Å²) >= 11 is 0. The molecule has 0 spiro atoms. The summed E-state index contributed by atoms with van der Waals surface area (Å²) in [6, 6.07) is 4.09. The lowest BCUT2D eigenvalue weighted by Gasteiger charge is -2.23. The lowest BCUT2D eigenvalue weighted by Crippen LogP contribution is -2.35. The minimum Gasteiger partial charge on any atom is -0.409 e. The molecule has 1 aliphatic heterocycles. The van der Waals surface area contributed by atoms with Crippen molar-refractivity contribution >= 4 is 16.6 Å². The van der Waals surface area contributed by atoms with Crippen LogP contribution in [-0.2, 0) is 17.3 Å². The van der Waals surface area contributed by atoms with Crippen molar-refractivity contribution in [3.8, 4) is 0 Å². The Morgan fingerprint density at radius 3 is 3.00 bits per heavy atom. The van der Waals surface area contributed by atoms with E-state index in [2.05, 4.69) is 15.5 Å². The van der Waals surface area contributed by atoms with Gasteiger partial charge in [0.15, 0.2) is 5.84 Å². The molecule has 19 heavy (non-hydrogen) atoms. The van der Waals surface area contributed by atoms with Crippen LogP contribution in [0.25, 0.3) is 0 Å². The molecular weight excluding hydrogens is 264 g/mol. The van der Waals surface area contributed by atoms with Gasteiger partial charge in [0.05, 0.1) is 0 Å². The molecule has 0 saturated carbocycles. The van der Waals surface area contributed by atoms with Crippen molar-refractivity contribution in [2.75, 3.05) is 11.5 Å². The Kier molecular flexibility index (Phi) is 4.86. The Morgan fingerprint density at radius 1 is 1.58 bits per heavy atom. The molecule has 1 aromatic rings. The van der Waals surface area contributed by atoms with E-state index in [4.69, 9.17) is 10.9 Å². The van der Waals surface area contributed by atoms with E-state index in [-0.39, 0.29) is 5.84 Å². The molecule has 0 atom stereocenters. The number of oxime groups is 1. The van der Waals surface area contributed by atoms with E-state index >= 15 is 0 Å². The second-order valence-corrected chi connectivity index (χ2v) is 6.20. The first-order valence-corrected chi connectivity index (χ1v) is 7.69. The highest BCUT2D eigenvalue weighted by molar-refractivity contribution is 7.85. The Hall–Kier alpha value is -1.47. The average Bonchev–Trinajstić information content (AvgIpc) is 2.46. The van der Waals surface area contributed by atoms with Gasteiger partial charge in [-0.05, 0) is 24.5 Å². The van der Waals surface area contributed by atoms with Gasteiger partial charge in [-0.1, -0.05) is 11.2 Å². The Balaban J connectivity index is 1.98. The zero-order valence-corrected chi connectivity index (χ0v) is 11.4. The van der Waals surface area contributed by atoms with E-state index in [1.807, 2.05) is 12.1 Å². The van der Waals surface area contributed by atoms with E-state index in [1.165, 1.54) is 0 Å². The van der Waals surface area contributed by atoms with Crippen LogP contribution in [0.4, 0.5) is 0 Å². The van der Waals surface area contributed by atoms with Gasteiger partial charge in [0.1, 0.15) is 5.69 Å². The predicted octanol–water partition coefficient (Wildman–Crippen LogP) is 0.177. The van der Waals surface area contributed by atoms with Crippen LogP contribution >= 0.6 is 0 Å². The van der Waals surface area contributed by atoms with Gasteiger partial charge in [-0.2, -0.15) is 0 Å². The van der Waals surface area contributed by atoms with Gasteiger partial charge in [0.2, 0.25) is 0 Å². The standard InChI is InChI=1S/C12H18N4O2S/c13-12(16-17)11-9(2-1-5-14-11)8-15-10-3-6-19(18)7-4-10/h1-2,5,10,15,17H,3-4,6-8H2,(H2,13,16). The Labute approximate surface area is 114 Å². The summed E-state index contributed by atoms with van der Waals surface area (Å²) in [5, 5.41) is 15.1. The molecule has 0 aromatic carbocycles. The van der Waals surface area contributed by atoms with E-state index in [1.54, 1.807) is 6.20 Å². The summed E-state index contributed by atoms with van der Waals surface area (Å²) in [5.41, 5.74) is 6.98. The molecule has 0 amide bonds. The van der Waals surface area contributed by atoms with Crippen LogP contribution in [0.15, 0.2) is 23.5 Å². The fraction of sp³-hybridized carbons (Fsp3) is 0.500. The number of hydrogen-bond acceptors (Lipinski definition) is 5. The van der Waals surface area contributed by atoms with Crippen molar-refractivity contribution < 1.29 is 9.42 Å². The third-order valence-corrected chi connectivity index (χ3v) is 4.59. The number of nitrogens with two attached hydrogens (primary N) is 1. The van der Waals surface area contributed by atoms with Crippen LogP contribution in [0.1, 0.15) is 24.1 Å². The van der Waals surface area contributed by atoms with E-state index in [9.17, 15) is 4.21 Å². The lowest BCUT2D eigenvalue weighted by atomic mass is 10.1. The van der Waals surface area contributed by atoms with Crippen molar-refractivity contribution in [1.29, 1.82) is 0 Å². The molecule has 4 N–H and O–H groups in total. The smallest absolute Gasteiger partial charge is 0.189 e. The molecule has 6 nitrogen and oxygen atoms in total. The number of nitrogens with one attached hydrogen (secondary N) is 1. The van der Waals surface area contributed by atoms with E-state index < -0.39 is 10.8 Å². The topological polar surface area (TPSA) is 101 Å². The molecule has 0 unspecified atom stereocenters. The number of aromatic nitrogens is 1. The molecule has 2 heterocycles. The summed E-state index contributed by atoms with van der Waals surface area (Å²) in [6.45, 7) is 0.608. The van der Waals surface area contributed by atoms with Crippen molar-refractivity contribution in [3.63, 3.8) is 0 Å². The first-order valence-electron chi connectivity index (χ1n) is 6.21. The molecular formula is C12H18N4O2S. The van der Waals surface area contributed by atoms with Crippen molar-refractivity contribution in [2.24, 2.45) is 10.9 Å². The summed E-state index contributed by atoms with van der Waals surface area (Å²) in [7, 11) is -0.647. The number of pyridine rings is 1. The predicted molar refractivity (Wildman–Crippen MR) is 74.5 cm³/mol. The third-order valence-electron chi connectivity index (χ3n) is 3.21. The maximum atomic E-state index is 11.3. The van der Waals surface area contributed by atoms with Gasteiger partial charge in [-0.25, -0.2) is 0 Å². The zero-order valence-electron chi connectivity index (χ0n) is 10.6. The summed E-state index contributed by atoms with van der Waals surface area (Å²) in [6.07, 6.45) is 3.46. The summed E-state index contributed by atoms with van der Waals surface area (Å²) in [5.74, 6) is 1.54. The third kappa shape index (κ3) is 3.74. The lowest BCUT2D eigenvalue weighted by molar-refractivity contribution is 0.318. The minimum atomic E-state index is -0.647. The minimum absolute atomic E-state index is 0.0159. The quantitative estimate of drug-likeness (QED) is 0.316. The second-order valence-electron chi connectivity index (χ2n) is 4.50. The van der Waals surface area contributed by atoms with Crippen molar-refractivity contribution in [3.05, 3.63) is 29.6 Å². The first kappa shape index (κ1) is 14.0. The number of amidine groups is 1. The highest BCUT2D eigenvalue weighted by atomic mass is 32.2. The van der Waals surface area contributed by atoms with E-state index in [0.717, 1.165) is 29.9 Å². The van der Waals surface area contributed by atoms with Crippen molar-refractivity contribution in [1.82, 2.24) is 10.3 Å². The van der Waals surface area contributed by atoms with Gasteiger partial charge in [0.25, 0.3) is 0 Å². The molecule has 7 heteroatoms. The number of hydrogen-bond donors (Lipinski definition) is 3. The van der Waals surface area contributed by atoms with Crippen LogP contribution in [-0.4, -0.2) is 37.8 Å². The average molecular weight is 282 g/mol. The molecule has 0 bridgehead atoms. The van der Waals surface area contributed by atoms with Crippen LogP contribution in [0.2, 0.25) is 0 Å². The molecule has 1 saturated heterocycles. The molecule has 104 valence electrons. The fourth-order valence-corrected chi connectivity index (χ4v) is 3.41. The van der Waals surface area contributed by atoms with Crippen LogP contribution in [0.5, 0.6) is 0 Å². The SMILES string of the molecule is N/C(=N/O)c1ncccc1CNC1CCS(=O)CC1. The molecule has 1 aromatic heterocycles. The summed E-state index contributed by atoms with van der Waals surface area (Å²) < 4.78 is 11.3. The molecule has 2 rings (SSSR count). The monoisotopic (exact) mass is 282 g/mol. The fourth-order valence-electron chi connectivity index (χ4n) is 2.11. The molecule has 0 aliphatic carbocycles. The van der Waals surface area contributed by atoms with Crippen LogP contribution < -0.4 is 11.1 Å². The summed E-state index contributed by atoms with van der Waals surface area (Å²) in [4.78, 5) is 4.12. The highest BCUT2D eigenvalue weighted by Gasteiger charge is 2.18. The van der Waals surface area contributed by atoms with Crippen molar-refractivity contribution in [2.45, 2.75) is 25.4 Å². The maximum absolute atomic E-state index is 11.3.